The SMILES string of the molecule is CCC1CNC(C)(CC)CN1Cc1ncon1. The highest BCUT2D eigenvalue weighted by molar-refractivity contribution is 4.95. The molecule has 2 unspecified atom stereocenters. The molecule has 0 bridgehead atoms. The first-order chi connectivity index (χ1) is 8.17. The second-order valence-electron chi connectivity index (χ2n) is 5.11. The van der Waals surface area contributed by atoms with Crippen LogP contribution in [0.1, 0.15) is 39.4 Å². The predicted molar refractivity (Wildman–Crippen MR) is 65.5 cm³/mol. The summed E-state index contributed by atoms with van der Waals surface area (Å²) in [6.45, 7) is 9.60. The van der Waals surface area contributed by atoms with Crippen LogP contribution in [0, 0.1) is 0 Å². The lowest BCUT2D eigenvalue weighted by Gasteiger charge is -2.45. The van der Waals surface area contributed by atoms with Crippen LogP contribution in [0.15, 0.2) is 10.9 Å². The van der Waals surface area contributed by atoms with Crippen molar-refractivity contribution in [3.63, 3.8) is 0 Å². The Balaban J connectivity index is 2.05. The van der Waals surface area contributed by atoms with E-state index in [0.717, 1.165) is 38.3 Å². The molecule has 2 rings (SSSR count). The van der Waals surface area contributed by atoms with E-state index in [1.807, 2.05) is 0 Å². The van der Waals surface area contributed by atoms with Gasteiger partial charge in [-0.2, -0.15) is 4.98 Å². The summed E-state index contributed by atoms with van der Waals surface area (Å²) in [6, 6.07) is 0.563. The Labute approximate surface area is 103 Å². The largest absolute Gasteiger partial charge is 0.343 e. The van der Waals surface area contributed by atoms with Gasteiger partial charge in [0.2, 0.25) is 6.39 Å². The summed E-state index contributed by atoms with van der Waals surface area (Å²) in [6.07, 6.45) is 3.67. The molecule has 1 saturated heterocycles. The van der Waals surface area contributed by atoms with Gasteiger partial charge in [0.05, 0.1) is 6.54 Å². The highest BCUT2D eigenvalue weighted by Gasteiger charge is 2.34. The molecule has 0 amide bonds. The molecule has 96 valence electrons. The number of aromatic nitrogens is 2. The molecule has 0 aliphatic carbocycles. The molecule has 1 aliphatic heterocycles. The van der Waals surface area contributed by atoms with Crippen molar-refractivity contribution >= 4 is 0 Å². The molecule has 1 fully saturated rings. The molecule has 0 spiro atoms. The van der Waals surface area contributed by atoms with E-state index in [0.29, 0.717) is 6.04 Å². The zero-order valence-corrected chi connectivity index (χ0v) is 10.9. The maximum absolute atomic E-state index is 4.80. The molecule has 0 saturated carbocycles. The van der Waals surface area contributed by atoms with E-state index >= 15 is 0 Å². The minimum atomic E-state index is 0.204. The molecule has 17 heavy (non-hydrogen) atoms. The fraction of sp³-hybridized carbons (Fsp3) is 0.833. The second-order valence-corrected chi connectivity index (χ2v) is 5.11. The van der Waals surface area contributed by atoms with E-state index in [2.05, 4.69) is 41.1 Å². The van der Waals surface area contributed by atoms with E-state index in [-0.39, 0.29) is 5.54 Å². The smallest absolute Gasteiger partial charge is 0.213 e. The zero-order valence-electron chi connectivity index (χ0n) is 10.9. The van der Waals surface area contributed by atoms with Crippen molar-refractivity contribution < 1.29 is 4.52 Å². The summed E-state index contributed by atoms with van der Waals surface area (Å²) >= 11 is 0. The molecule has 1 aromatic rings. The lowest BCUT2D eigenvalue weighted by molar-refractivity contribution is 0.0725. The Morgan fingerprint density at radius 3 is 3.00 bits per heavy atom. The Bertz CT molecular complexity index is 340. The van der Waals surface area contributed by atoms with E-state index < -0.39 is 0 Å². The van der Waals surface area contributed by atoms with Gasteiger partial charge < -0.3 is 9.84 Å². The Kier molecular flexibility index (Phi) is 3.79. The van der Waals surface area contributed by atoms with Crippen LogP contribution in [0.5, 0.6) is 0 Å². The third-order valence-corrected chi connectivity index (χ3v) is 3.84. The standard InChI is InChI=1S/C12H22N4O/c1-4-10-6-14-12(3,5-2)8-16(10)7-11-13-9-17-15-11/h9-10,14H,4-8H2,1-3H3. The molecular formula is C12H22N4O. The van der Waals surface area contributed by atoms with Crippen molar-refractivity contribution in [1.82, 2.24) is 20.4 Å². The zero-order chi connectivity index (χ0) is 12.3. The summed E-state index contributed by atoms with van der Waals surface area (Å²) in [5.41, 5.74) is 0.204. The highest BCUT2D eigenvalue weighted by Crippen LogP contribution is 2.21. The van der Waals surface area contributed by atoms with Crippen molar-refractivity contribution in [1.29, 1.82) is 0 Å². The number of rotatable bonds is 4. The van der Waals surface area contributed by atoms with Gasteiger partial charge in [0.25, 0.3) is 0 Å². The number of nitrogens with zero attached hydrogens (tertiary/aromatic N) is 3. The van der Waals surface area contributed by atoms with Crippen LogP contribution in [0.2, 0.25) is 0 Å². The number of nitrogens with one attached hydrogen (secondary N) is 1. The molecule has 0 aromatic carbocycles. The van der Waals surface area contributed by atoms with Crippen molar-refractivity contribution in [3.8, 4) is 0 Å². The average molecular weight is 238 g/mol. The fourth-order valence-electron chi connectivity index (χ4n) is 2.39. The Morgan fingerprint density at radius 2 is 2.41 bits per heavy atom. The monoisotopic (exact) mass is 238 g/mol. The van der Waals surface area contributed by atoms with Crippen molar-refractivity contribution in [2.24, 2.45) is 0 Å². The predicted octanol–water partition coefficient (Wildman–Crippen LogP) is 1.42. The first-order valence-corrected chi connectivity index (χ1v) is 6.41. The van der Waals surface area contributed by atoms with Crippen LogP contribution in [-0.4, -0.2) is 39.7 Å². The van der Waals surface area contributed by atoms with Gasteiger partial charge in [-0.15, -0.1) is 0 Å². The van der Waals surface area contributed by atoms with Crippen molar-refractivity contribution in [2.45, 2.75) is 51.7 Å². The summed E-state index contributed by atoms with van der Waals surface area (Å²) in [4.78, 5) is 6.58. The van der Waals surface area contributed by atoms with Crippen LogP contribution < -0.4 is 5.32 Å². The third kappa shape index (κ3) is 2.84. The van der Waals surface area contributed by atoms with Gasteiger partial charge in [-0.05, 0) is 19.8 Å². The molecule has 1 N–H and O–H groups in total. The maximum atomic E-state index is 4.80. The first kappa shape index (κ1) is 12.5. The lowest BCUT2D eigenvalue weighted by Crippen LogP contribution is -2.62. The van der Waals surface area contributed by atoms with E-state index in [4.69, 9.17) is 4.52 Å². The van der Waals surface area contributed by atoms with Crippen molar-refractivity contribution in [3.05, 3.63) is 12.2 Å². The normalized spacial score (nSPS) is 30.6. The van der Waals surface area contributed by atoms with Gasteiger partial charge >= 0.3 is 0 Å². The van der Waals surface area contributed by atoms with E-state index in [9.17, 15) is 0 Å². The molecule has 1 aromatic heterocycles. The Morgan fingerprint density at radius 1 is 1.59 bits per heavy atom. The Hall–Kier alpha value is -0.940. The van der Waals surface area contributed by atoms with E-state index in [1.54, 1.807) is 0 Å². The minimum Gasteiger partial charge on any atom is -0.343 e. The average Bonchev–Trinajstić information content (AvgIpc) is 2.82. The van der Waals surface area contributed by atoms with Crippen LogP contribution >= 0.6 is 0 Å². The quantitative estimate of drug-likeness (QED) is 0.860. The molecule has 5 nitrogen and oxygen atoms in total. The van der Waals surface area contributed by atoms with Gasteiger partial charge in [0.15, 0.2) is 5.82 Å². The molecule has 2 heterocycles. The molecular weight excluding hydrogens is 216 g/mol. The van der Waals surface area contributed by atoms with Gasteiger partial charge in [0.1, 0.15) is 0 Å². The van der Waals surface area contributed by atoms with Crippen LogP contribution in [0.4, 0.5) is 0 Å². The number of piperazine rings is 1. The van der Waals surface area contributed by atoms with Gasteiger partial charge in [0, 0.05) is 24.7 Å². The number of hydrogen-bond acceptors (Lipinski definition) is 5. The van der Waals surface area contributed by atoms with Gasteiger partial charge in [-0.25, -0.2) is 0 Å². The summed E-state index contributed by atoms with van der Waals surface area (Å²) in [5, 5.41) is 7.55. The van der Waals surface area contributed by atoms with Crippen LogP contribution in [0.3, 0.4) is 0 Å². The summed E-state index contributed by atoms with van der Waals surface area (Å²) in [5.74, 6) is 0.781. The highest BCUT2D eigenvalue weighted by atomic mass is 16.5. The summed E-state index contributed by atoms with van der Waals surface area (Å²) < 4.78 is 4.80. The fourth-order valence-corrected chi connectivity index (χ4v) is 2.39. The molecule has 0 radical (unpaired) electrons. The molecule has 2 atom stereocenters. The topological polar surface area (TPSA) is 54.2 Å². The number of hydrogen-bond donors (Lipinski definition) is 1. The van der Waals surface area contributed by atoms with Gasteiger partial charge in [-0.1, -0.05) is 19.0 Å². The molecule has 1 aliphatic rings. The second kappa shape index (κ2) is 5.14. The first-order valence-electron chi connectivity index (χ1n) is 6.41. The maximum Gasteiger partial charge on any atom is 0.213 e. The third-order valence-electron chi connectivity index (χ3n) is 3.84. The minimum absolute atomic E-state index is 0.204. The lowest BCUT2D eigenvalue weighted by atomic mass is 9.93. The summed E-state index contributed by atoms with van der Waals surface area (Å²) in [7, 11) is 0. The van der Waals surface area contributed by atoms with Gasteiger partial charge in [-0.3, -0.25) is 4.90 Å². The van der Waals surface area contributed by atoms with E-state index in [1.165, 1.54) is 6.39 Å². The van der Waals surface area contributed by atoms with Crippen LogP contribution in [0.25, 0.3) is 0 Å². The molecule has 5 heteroatoms. The van der Waals surface area contributed by atoms with Crippen molar-refractivity contribution in [2.75, 3.05) is 13.1 Å². The van der Waals surface area contributed by atoms with Crippen LogP contribution in [-0.2, 0) is 6.54 Å².